The number of nitrogens with zero attached hydrogens (tertiary/aromatic N) is 2. The number of fused-ring (bicyclic) bond motifs is 1. The molecule has 2 aromatic rings. The molecule has 3 amide bonds. The number of nitrogens with one attached hydrogen (secondary N) is 1. The Balaban J connectivity index is 1.40. The first-order valence-corrected chi connectivity index (χ1v) is 9.66. The van der Waals surface area contributed by atoms with Gasteiger partial charge in [-0.05, 0) is 48.4 Å². The minimum atomic E-state index is -0.0703. The van der Waals surface area contributed by atoms with Gasteiger partial charge in [0.2, 0.25) is 5.91 Å². The van der Waals surface area contributed by atoms with E-state index in [-0.39, 0.29) is 17.7 Å². The van der Waals surface area contributed by atoms with Crippen LogP contribution >= 0.6 is 11.6 Å². The van der Waals surface area contributed by atoms with Gasteiger partial charge in [-0.1, -0.05) is 17.7 Å². The van der Waals surface area contributed by atoms with Gasteiger partial charge in [0.15, 0.2) is 0 Å². The number of piperazine rings is 1. The standard InChI is InChI=1S/C21H20ClN3O3/c22-17-3-1-2-15(13-17)20(27)24-8-10-25(11-9-24)21(28)16-4-6-18-14(12-16)5-7-19(26)23-18/h1-4,6,12-13H,5,7-11H2,(H,23,26). The topological polar surface area (TPSA) is 69.7 Å². The molecule has 1 saturated heterocycles. The Hall–Kier alpha value is -2.86. The second-order valence-corrected chi connectivity index (χ2v) is 7.45. The van der Waals surface area contributed by atoms with Gasteiger partial charge in [-0.25, -0.2) is 0 Å². The molecule has 4 rings (SSSR count). The van der Waals surface area contributed by atoms with Gasteiger partial charge in [0.05, 0.1) is 0 Å². The van der Waals surface area contributed by atoms with Crippen molar-refractivity contribution in [2.45, 2.75) is 12.8 Å². The van der Waals surface area contributed by atoms with Crippen molar-refractivity contribution in [2.75, 3.05) is 31.5 Å². The van der Waals surface area contributed by atoms with E-state index in [1.54, 1.807) is 46.2 Å². The summed E-state index contributed by atoms with van der Waals surface area (Å²) in [5.74, 6) is -0.110. The average molecular weight is 398 g/mol. The third-order valence-corrected chi connectivity index (χ3v) is 5.41. The zero-order chi connectivity index (χ0) is 19.7. The van der Waals surface area contributed by atoms with E-state index in [0.717, 1.165) is 11.3 Å². The summed E-state index contributed by atoms with van der Waals surface area (Å²) in [6.07, 6.45) is 1.08. The third-order valence-electron chi connectivity index (χ3n) is 5.17. The largest absolute Gasteiger partial charge is 0.335 e. The third kappa shape index (κ3) is 3.73. The minimum absolute atomic E-state index is 0.00655. The van der Waals surface area contributed by atoms with Crippen molar-refractivity contribution in [3.8, 4) is 0 Å². The summed E-state index contributed by atoms with van der Waals surface area (Å²) in [4.78, 5) is 40.5. The van der Waals surface area contributed by atoms with Gasteiger partial charge in [-0.3, -0.25) is 14.4 Å². The van der Waals surface area contributed by atoms with E-state index in [2.05, 4.69) is 5.32 Å². The molecule has 0 saturated carbocycles. The van der Waals surface area contributed by atoms with Crippen LogP contribution in [-0.2, 0) is 11.2 Å². The van der Waals surface area contributed by atoms with E-state index in [1.165, 1.54) is 0 Å². The maximum absolute atomic E-state index is 12.9. The number of anilines is 1. The van der Waals surface area contributed by atoms with Crippen LogP contribution < -0.4 is 5.32 Å². The second-order valence-electron chi connectivity index (χ2n) is 7.01. The molecule has 2 heterocycles. The number of carbonyl (C=O) groups excluding carboxylic acids is 3. The number of rotatable bonds is 2. The lowest BCUT2D eigenvalue weighted by molar-refractivity contribution is -0.116. The predicted molar refractivity (Wildman–Crippen MR) is 107 cm³/mol. The van der Waals surface area contributed by atoms with Crippen LogP contribution in [0, 0.1) is 0 Å². The van der Waals surface area contributed by atoms with Crippen LogP contribution in [0.5, 0.6) is 0 Å². The van der Waals surface area contributed by atoms with Gasteiger partial charge in [0, 0.05) is 54.4 Å². The monoisotopic (exact) mass is 397 g/mol. The fourth-order valence-corrected chi connectivity index (χ4v) is 3.81. The molecule has 0 aliphatic carbocycles. The smallest absolute Gasteiger partial charge is 0.254 e. The highest BCUT2D eigenvalue weighted by molar-refractivity contribution is 6.30. The lowest BCUT2D eigenvalue weighted by atomic mass is 10.00. The van der Waals surface area contributed by atoms with E-state index in [4.69, 9.17) is 11.6 Å². The summed E-state index contributed by atoms with van der Waals surface area (Å²) in [5, 5.41) is 3.36. The Bertz CT molecular complexity index is 952. The van der Waals surface area contributed by atoms with Gasteiger partial charge >= 0.3 is 0 Å². The molecule has 2 aliphatic heterocycles. The summed E-state index contributed by atoms with van der Waals surface area (Å²) < 4.78 is 0. The number of amides is 3. The van der Waals surface area contributed by atoms with Crippen LogP contribution in [0.3, 0.4) is 0 Å². The van der Waals surface area contributed by atoms with Crippen LogP contribution in [-0.4, -0.2) is 53.7 Å². The molecular formula is C21H20ClN3O3. The molecule has 2 aliphatic rings. The molecule has 0 spiro atoms. The van der Waals surface area contributed by atoms with Crippen LogP contribution in [0.2, 0.25) is 5.02 Å². The van der Waals surface area contributed by atoms with Gasteiger partial charge < -0.3 is 15.1 Å². The maximum Gasteiger partial charge on any atom is 0.254 e. The summed E-state index contributed by atoms with van der Waals surface area (Å²) in [6, 6.07) is 12.3. The minimum Gasteiger partial charge on any atom is -0.335 e. The molecule has 0 aromatic heterocycles. The Labute approximate surface area is 168 Å². The van der Waals surface area contributed by atoms with Gasteiger partial charge in [0.1, 0.15) is 0 Å². The van der Waals surface area contributed by atoms with Crippen LogP contribution in [0.15, 0.2) is 42.5 Å². The van der Waals surface area contributed by atoms with Crippen molar-refractivity contribution in [3.05, 3.63) is 64.2 Å². The number of hydrogen-bond acceptors (Lipinski definition) is 3. The van der Waals surface area contributed by atoms with E-state index in [0.29, 0.717) is 55.2 Å². The number of carbonyl (C=O) groups is 3. The number of hydrogen-bond donors (Lipinski definition) is 1. The lowest BCUT2D eigenvalue weighted by Gasteiger charge is -2.35. The van der Waals surface area contributed by atoms with Crippen molar-refractivity contribution in [1.29, 1.82) is 0 Å². The van der Waals surface area contributed by atoms with Crippen molar-refractivity contribution >= 4 is 35.0 Å². The second kappa shape index (κ2) is 7.64. The molecule has 28 heavy (non-hydrogen) atoms. The summed E-state index contributed by atoms with van der Waals surface area (Å²) >= 11 is 5.97. The van der Waals surface area contributed by atoms with Crippen LogP contribution in [0.4, 0.5) is 5.69 Å². The van der Waals surface area contributed by atoms with Crippen LogP contribution in [0.1, 0.15) is 32.7 Å². The fraction of sp³-hybridized carbons (Fsp3) is 0.286. The highest BCUT2D eigenvalue weighted by Gasteiger charge is 2.26. The predicted octanol–water partition coefficient (Wildman–Crippen LogP) is 2.82. The summed E-state index contributed by atoms with van der Waals surface area (Å²) in [5.41, 5.74) is 2.94. The number of benzene rings is 2. The Morgan fingerprint density at radius 2 is 1.50 bits per heavy atom. The van der Waals surface area contributed by atoms with Crippen molar-refractivity contribution in [3.63, 3.8) is 0 Å². The SMILES string of the molecule is O=C1CCc2cc(C(=O)N3CCN(C(=O)c4cccc(Cl)c4)CC3)ccc2N1. The normalized spacial score (nSPS) is 16.4. The van der Waals surface area contributed by atoms with E-state index in [1.807, 2.05) is 6.07 Å². The molecule has 2 aromatic carbocycles. The maximum atomic E-state index is 12.9. The van der Waals surface area contributed by atoms with E-state index >= 15 is 0 Å². The zero-order valence-electron chi connectivity index (χ0n) is 15.3. The number of aryl methyl sites for hydroxylation is 1. The molecule has 6 nitrogen and oxygen atoms in total. The van der Waals surface area contributed by atoms with Gasteiger partial charge in [0.25, 0.3) is 11.8 Å². The number of halogens is 1. The molecule has 0 unspecified atom stereocenters. The van der Waals surface area contributed by atoms with Crippen LogP contribution in [0.25, 0.3) is 0 Å². The average Bonchev–Trinajstić information content (AvgIpc) is 2.72. The molecular weight excluding hydrogens is 378 g/mol. The van der Waals surface area contributed by atoms with Crippen molar-refractivity contribution < 1.29 is 14.4 Å². The fourth-order valence-electron chi connectivity index (χ4n) is 3.62. The molecule has 0 bridgehead atoms. The molecule has 0 radical (unpaired) electrons. The molecule has 144 valence electrons. The van der Waals surface area contributed by atoms with Gasteiger partial charge in [-0.2, -0.15) is 0 Å². The first-order chi connectivity index (χ1) is 13.5. The van der Waals surface area contributed by atoms with E-state index in [9.17, 15) is 14.4 Å². The van der Waals surface area contributed by atoms with E-state index < -0.39 is 0 Å². The first-order valence-electron chi connectivity index (χ1n) is 9.28. The highest BCUT2D eigenvalue weighted by atomic mass is 35.5. The molecule has 0 atom stereocenters. The Kier molecular flexibility index (Phi) is 5.05. The van der Waals surface area contributed by atoms with Gasteiger partial charge in [-0.15, -0.1) is 0 Å². The quantitative estimate of drug-likeness (QED) is 0.847. The van der Waals surface area contributed by atoms with Crippen molar-refractivity contribution in [2.24, 2.45) is 0 Å². The first kappa shape index (κ1) is 18.5. The Morgan fingerprint density at radius 3 is 2.14 bits per heavy atom. The summed E-state index contributed by atoms with van der Waals surface area (Å²) in [6.45, 7) is 1.94. The molecule has 1 fully saturated rings. The Morgan fingerprint density at radius 1 is 0.857 bits per heavy atom. The van der Waals surface area contributed by atoms with Crippen molar-refractivity contribution in [1.82, 2.24) is 9.80 Å². The lowest BCUT2D eigenvalue weighted by Crippen LogP contribution is -2.50. The molecule has 7 heteroatoms. The highest BCUT2D eigenvalue weighted by Crippen LogP contribution is 2.24. The molecule has 1 N–H and O–H groups in total. The summed E-state index contributed by atoms with van der Waals surface area (Å²) in [7, 11) is 0. The zero-order valence-corrected chi connectivity index (χ0v) is 16.0.